The van der Waals surface area contributed by atoms with Gasteiger partial charge >= 0.3 is 0 Å². The summed E-state index contributed by atoms with van der Waals surface area (Å²) in [7, 11) is 0. The molecule has 0 radical (unpaired) electrons. The molecule has 1 atom stereocenters. The molecule has 0 spiro atoms. The van der Waals surface area contributed by atoms with E-state index in [4.69, 9.17) is 9.92 Å². The van der Waals surface area contributed by atoms with Crippen molar-refractivity contribution in [3.63, 3.8) is 0 Å². The molecule has 0 aliphatic heterocycles. The lowest BCUT2D eigenvalue weighted by Crippen LogP contribution is -2.23. The first-order chi connectivity index (χ1) is 13.2. The Labute approximate surface area is 167 Å². The van der Waals surface area contributed by atoms with Crippen molar-refractivity contribution in [1.82, 2.24) is 4.98 Å². The summed E-state index contributed by atoms with van der Waals surface area (Å²) in [4.78, 5) is 17.0. The molecule has 0 fully saturated rings. The minimum absolute atomic E-state index is 0.0660. The second kappa shape index (κ2) is 9.75. The van der Waals surface area contributed by atoms with Crippen LogP contribution in [0.1, 0.15) is 23.5 Å². The number of pyridine rings is 1. The number of anilines is 1. The lowest BCUT2D eigenvalue weighted by Gasteiger charge is -2.17. The minimum Gasteiger partial charge on any atom is -0.330 e. The zero-order chi connectivity index (χ0) is 19.1. The van der Waals surface area contributed by atoms with Crippen molar-refractivity contribution < 1.29 is 8.98 Å². The number of hydrogen-bond acceptors (Lipinski definition) is 6. The van der Waals surface area contributed by atoms with Crippen LogP contribution < -0.4 is 11.1 Å². The monoisotopic (exact) mass is 399 g/mol. The van der Waals surface area contributed by atoms with Gasteiger partial charge in [0.2, 0.25) is 5.91 Å². The lowest BCUT2D eigenvalue weighted by atomic mass is 9.94. The molecule has 1 amide bonds. The van der Waals surface area contributed by atoms with E-state index in [1.165, 1.54) is 0 Å². The van der Waals surface area contributed by atoms with Crippen molar-refractivity contribution in [3.05, 3.63) is 72.1 Å². The molecule has 2 aromatic carbocycles. The predicted molar refractivity (Wildman–Crippen MR) is 115 cm³/mol. The number of nitrogens with zero attached hydrogens (tertiary/aromatic N) is 1. The minimum atomic E-state index is -0.308. The first-order valence-corrected chi connectivity index (χ1v) is 10.4. The van der Waals surface area contributed by atoms with Gasteiger partial charge in [0, 0.05) is 23.5 Å². The molecule has 7 heteroatoms. The van der Waals surface area contributed by atoms with E-state index in [2.05, 4.69) is 22.0 Å². The van der Waals surface area contributed by atoms with Gasteiger partial charge in [-0.2, -0.15) is 0 Å². The summed E-state index contributed by atoms with van der Waals surface area (Å²) >= 11 is 4.98. The third kappa shape index (κ3) is 5.23. The Kier molecular flexibility index (Phi) is 7.11. The standard InChI is InChI=1S/C20H21N3O2S2/c21-9-7-19(15-3-1-14(2-4-15)13-25-27-26)20(24)23-18-6-5-17-12-22-10-8-16(17)11-18/h1-6,8,10-12,19,26H,7,9,13,21H2,(H,23,24)/t19-/m1/s1. The van der Waals surface area contributed by atoms with Gasteiger partial charge in [-0.15, -0.1) is 0 Å². The van der Waals surface area contributed by atoms with Crippen LogP contribution in [0.2, 0.25) is 0 Å². The molecule has 0 unspecified atom stereocenters. The Bertz CT molecular complexity index is 903. The summed E-state index contributed by atoms with van der Waals surface area (Å²) in [5.74, 6) is -0.374. The summed E-state index contributed by atoms with van der Waals surface area (Å²) in [5.41, 5.74) is 8.47. The van der Waals surface area contributed by atoms with Gasteiger partial charge in [0.05, 0.1) is 23.6 Å². The number of aromatic nitrogens is 1. The average Bonchev–Trinajstić information content (AvgIpc) is 2.71. The fourth-order valence-electron chi connectivity index (χ4n) is 2.95. The largest absolute Gasteiger partial charge is 0.330 e. The zero-order valence-corrected chi connectivity index (χ0v) is 16.4. The van der Waals surface area contributed by atoms with E-state index in [-0.39, 0.29) is 11.8 Å². The van der Waals surface area contributed by atoms with Crippen molar-refractivity contribution in [1.29, 1.82) is 0 Å². The van der Waals surface area contributed by atoms with E-state index < -0.39 is 0 Å². The molecule has 0 aliphatic carbocycles. The maximum absolute atomic E-state index is 12.9. The van der Waals surface area contributed by atoms with Gasteiger partial charge in [-0.3, -0.25) is 9.78 Å². The number of carbonyl (C=O) groups is 1. The summed E-state index contributed by atoms with van der Waals surface area (Å²) in [5, 5.41) is 5.08. The molecule has 0 saturated carbocycles. The van der Waals surface area contributed by atoms with Gasteiger partial charge in [0.1, 0.15) is 0 Å². The molecular weight excluding hydrogens is 378 g/mol. The Morgan fingerprint density at radius 3 is 2.74 bits per heavy atom. The summed E-state index contributed by atoms with van der Waals surface area (Å²) in [6, 6.07) is 15.5. The average molecular weight is 400 g/mol. The SMILES string of the molecule is NCC[C@@H](C(=O)Nc1ccc2cnccc2c1)c1ccc(COSS)cc1. The third-order valence-corrected chi connectivity index (χ3v) is 4.88. The maximum Gasteiger partial charge on any atom is 0.231 e. The molecule has 27 heavy (non-hydrogen) atoms. The molecule has 0 saturated heterocycles. The normalized spacial score (nSPS) is 12.1. The number of carbonyl (C=O) groups excluding carboxylic acids is 1. The topological polar surface area (TPSA) is 77.2 Å². The van der Waals surface area contributed by atoms with Crippen LogP contribution in [0.25, 0.3) is 10.8 Å². The van der Waals surface area contributed by atoms with E-state index in [9.17, 15) is 4.79 Å². The van der Waals surface area contributed by atoms with Crippen LogP contribution in [0.3, 0.4) is 0 Å². The van der Waals surface area contributed by atoms with Gasteiger partial charge in [0.25, 0.3) is 0 Å². The maximum atomic E-state index is 12.9. The molecule has 0 aliphatic rings. The first kappa shape index (κ1) is 19.7. The lowest BCUT2D eigenvalue weighted by molar-refractivity contribution is -0.117. The Hall–Kier alpha value is -2.06. The molecule has 0 bridgehead atoms. The first-order valence-electron chi connectivity index (χ1n) is 8.58. The van der Waals surface area contributed by atoms with Crippen molar-refractivity contribution >= 4 is 45.1 Å². The van der Waals surface area contributed by atoms with E-state index in [0.29, 0.717) is 19.6 Å². The highest BCUT2D eigenvalue weighted by atomic mass is 33.1. The number of benzene rings is 2. The van der Waals surface area contributed by atoms with E-state index in [0.717, 1.165) is 38.7 Å². The van der Waals surface area contributed by atoms with Gasteiger partial charge in [-0.1, -0.05) is 42.0 Å². The fraction of sp³-hybridized carbons (Fsp3) is 0.200. The molecule has 3 rings (SSSR count). The number of nitrogens with two attached hydrogens (primary N) is 1. The highest BCUT2D eigenvalue weighted by molar-refractivity contribution is 8.66. The highest BCUT2D eigenvalue weighted by Crippen LogP contribution is 2.24. The van der Waals surface area contributed by atoms with Crippen molar-refractivity contribution in [2.45, 2.75) is 18.9 Å². The van der Waals surface area contributed by atoms with E-state index >= 15 is 0 Å². The van der Waals surface area contributed by atoms with Crippen molar-refractivity contribution in [3.8, 4) is 0 Å². The van der Waals surface area contributed by atoms with Crippen LogP contribution in [0, 0.1) is 0 Å². The fourth-order valence-corrected chi connectivity index (χ4v) is 3.29. The van der Waals surface area contributed by atoms with Crippen molar-refractivity contribution in [2.24, 2.45) is 5.73 Å². The molecule has 5 nitrogen and oxygen atoms in total. The Morgan fingerprint density at radius 1 is 1.19 bits per heavy atom. The van der Waals surface area contributed by atoms with Crippen LogP contribution in [0.5, 0.6) is 0 Å². The number of thiol groups is 1. The van der Waals surface area contributed by atoms with Gasteiger partial charge in [-0.25, -0.2) is 0 Å². The number of rotatable bonds is 8. The number of hydrogen-bond donors (Lipinski definition) is 3. The van der Waals surface area contributed by atoms with E-state index in [1.54, 1.807) is 12.4 Å². The molecule has 1 heterocycles. The molecule has 1 aromatic heterocycles. The molecule has 140 valence electrons. The quantitative estimate of drug-likeness (QED) is 0.299. The van der Waals surface area contributed by atoms with Crippen LogP contribution in [0.15, 0.2) is 60.9 Å². The third-order valence-electron chi connectivity index (χ3n) is 4.34. The smallest absolute Gasteiger partial charge is 0.231 e. The molecule has 3 N–H and O–H groups in total. The van der Waals surface area contributed by atoms with Crippen LogP contribution >= 0.6 is 22.7 Å². The van der Waals surface area contributed by atoms with Crippen molar-refractivity contribution in [2.75, 3.05) is 11.9 Å². The number of nitrogens with one attached hydrogen (secondary N) is 1. The number of fused-ring (bicyclic) bond motifs is 1. The number of amides is 1. The summed E-state index contributed by atoms with van der Waals surface area (Å²) < 4.78 is 5.21. The van der Waals surface area contributed by atoms with Crippen LogP contribution in [-0.4, -0.2) is 17.4 Å². The predicted octanol–water partition coefficient (Wildman–Crippen LogP) is 4.32. The second-order valence-corrected chi connectivity index (χ2v) is 6.97. The molecule has 3 aromatic rings. The summed E-state index contributed by atoms with van der Waals surface area (Å²) in [6.07, 6.45) is 4.12. The van der Waals surface area contributed by atoms with Gasteiger partial charge in [0.15, 0.2) is 0 Å². The van der Waals surface area contributed by atoms with E-state index in [1.807, 2.05) is 48.5 Å². The van der Waals surface area contributed by atoms with Crippen LogP contribution in [-0.2, 0) is 15.6 Å². The second-order valence-electron chi connectivity index (χ2n) is 6.14. The molecular formula is C20H21N3O2S2. The van der Waals surface area contributed by atoms with Gasteiger partial charge < -0.3 is 15.2 Å². The zero-order valence-electron chi connectivity index (χ0n) is 14.7. The Morgan fingerprint density at radius 2 is 2.00 bits per heavy atom. The van der Waals surface area contributed by atoms with Crippen LogP contribution in [0.4, 0.5) is 5.69 Å². The highest BCUT2D eigenvalue weighted by Gasteiger charge is 2.20. The summed E-state index contributed by atoms with van der Waals surface area (Å²) in [6.45, 7) is 0.900. The van der Waals surface area contributed by atoms with Gasteiger partial charge in [-0.05, 0) is 47.7 Å². The Balaban J connectivity index is 1.75.